The van der Waals surface area contributed by atoms with Crippen molar-refractivity contribution in [1.29, 1.82) is 0 Å². The summed E-state index contributed by atoms with van der Waals surface area (Å²) in [6, 6.07) is -0.167. The molecule has 1 rings (SSSR count). The van der Waals surface area contributed by atoms with Crippen LogP contribution in [0.4, 0.5) is 0 Å². The third-order valence-corrected chi connectivity index (χ3v) is 2.60. The normalized spacial score (nSPS) is 23.1. The zero-order valence-corrected chi connectivity index (χ0v) is 10.4. The van der Waals surface area contributed by atoms with E-state index in [9.17, 15) is 9.90 Å². The van der Waals surface area contributed by atoms with E-state index in [1.165, 1.54) is 0 Å². The molecule has 16 heavy (non-hydrogen) atoms. The van der Waals surface area contributed by atoms with Crippen LogP contribution >= 0.6 is 0 Å². The monoisotopic (exact) mass is 229 g/mol. The van der Waals surface area contributed by atoms with Crippen LogP contribution in [0, 0.1) is 0 Å². The van der Waals surface area contributed by atoms with Crippen LogP contribution in [0.2, 0.25) is 0 Å². The van der Waals surface area contributed by atoms with Crippen LogP contribution in [0.3, 0.4) is 0 Å². The highest BCUT2D eigenvalue weighted by Crippen LogP contribution is 2.10. The van der Waals surface area contributed by atoms with E-state index in [0.29, 0.717) is 19.6 Å². The Kier molecular flexibility index (Phi) is 4.70. The third-order valence-electron chi connectivity index (χ3n) is 2.60. The average molecular weight is 229 g/mol. The first kappa shape index (κ1) is 13.4. The van der Waals surface area contributed by atoms with Crippen molar-refractivity contribution in [2.45, 2.75) is 32.4 Å². The zero-order valence-electron chi connectivity index (χ0n) is 10.4. The van der Waals surface area contributed by atoms with E-state index in [1.54, 1.807) is 13.8 Å². The van der Waals surface area contributed by atoms with Crippen molar-refractivity contribution in [3.05, 3.63) is 0 Å². The lowest BCUT2D eigenvalue weighted by Gasteiger charge is -2.38. The minimum atomic E-state index is -0.762. The van der Waals surface area contributed by atoms with E-state index in [4.69, 9.17) is 0 Å². The van der Waals surface area contributed by atoms with Gasteiger partial charge in [0.1, 0.15) is 6.04 Å². The van der Waals surface area contributed by atoms with Gasteiger partial charge in [0, 0.05) is 32.7 Å². The largest absolute Gasteiger partial charge is 0.389 e. The van der Waals surface area contributed by atoms with Crippen molar-refractivity contribution in [2.24, 2.45) is 0 Å². The second kappa shape index (κ2) is 5.61. The van der Waals surface area contributed by atoms with E-state index in [-0.39, 0.29) is 11.9 Å². The van der Waals surface area contributed by atoms with Crippen LogP contribution in [-0.2, 0) is 4.79 Å². The Balaban J connectivity index is 2.60. The van der Waals surface area contributed by atoms with Crippen molar-refractivity contribution >= 4 is 5.91 Å². The molecule has 0 aromatic rings. The molecule has 0 bridgehead atoms. The molecule has 1 atom stereocenters. The van der Waals surface area contributed by atoms with Crippen LogP contribution in [0.25, 0.3) is 0 Å². The Bertz CT molecular complexity index is 238. The first-order valence-corrected chi connectivity index (χ1v) is 5.89. The standard InChI is InChI=1S/C11H23N3O2/c1-4-13-10(15)9-7-12-5-6-14(9)8-11(2,3)16/h9,12,16H,4-8H2,1-3H3,(H,13,15). The SMILES string of the molecule is CCNC(=O)C1CNCCN1CC(C)(C)O. The highest BCUT2D eigenvalue weighted by molar-refractivity contribution is 5.82. The van der Waals surface area contributed by atoms with Gasteiger partial charge in [-0.3, -0.25) is 9.69 Å². The third kappa shape index (κ3) is 4.08. The second-order valence-electron chi connectivity index (χ2n) is 4.90. The fourth-order valence-electron chi connectivity index (χ4n) is 1.98. The number of likely N-dealkylation sites (N-methyl/N-ethyl adjacent to an activating group) is 1. The van der Waals surface area contributed by atoms with Crippen molar-refractivity contribution < 1.29 is 9.90 Å². The summed E-state index contributed by atoms with van der Waals surface area (Å²) in [5.74, 6) is 0.0407. The summed E-state index contributed by atoms with van der Waals surface area (Å²) in [5.41, 5.74) is -0.762. The summed E-state index contributed by atoms with van der Waals surface area (Å²) in [5, 5.41) is 15.8. The molecule has 0 aromatic carbocycles. The van der Waals surface area contributed by atoms with Gasteiger partial charge in [0.15, 0.2) is 0 Å². The Morgan fingerprint density at radius 3 is 2.88 bits per heavy atom. The number of carbonyl (C=O) groups is 1. The summed E-state index contributed by atoms with van der Waals surface area (Å²) in [7, 11) is 0. The van der Waals surface area contributed by atoms with Gasteiger partial charge in [0.2, 0.25) is 5.91 Å². The molecule has 1 aliphatic rings. The van der Waals surface area contributed by atoms with Crippen molar-refractivity contribution in [3.8, 4) is 0 Å². The quantitative estimate of drug-likeness (QED) is 0.588. The molecule has 0 spiro atoms. The Morgan fingerprint density at radius 2 is 2.31 bits per heavy atom. The maximum absolute atomic E-state index is 11.8. The number of rotatable bonds is 4. The van der Waals surface area contributed by atoms with E-state index in [2.05, 4.69) is 10.6 Å². The fourth-order valence-corrected chi connectivity index (χ4v) is 1.98. The lowest BCUT2D eigenvalue weighted by molar-refractivity contribution is -0.128. The molecular formula is C11H23N3O2. The second-order valence-corrected chi connectivity index (χ2v) is 4.90. The van der Waals surface area contributed by atoms with Crippen LogP contribution in [0.15, 0.2) is 0 Å². The molecule has 5 nitrogen and oxygen atoms in total. The summed E-state index contributed by atoms with van der Waals surface area (Å²) in [6.07, 6.45) is 0. The number of nitrogens with zero attached hydrogens (tertiary/aromatic N) is 1. The molecule has 1 fully saturated rings. The lowest BCUT2D eigenvalue weighted by atomic mass is 10.1. The number of nitrogens with one attached hydrogen (secondary N) is 2. The van der Waals surface area contributed by atoms with Crippen molar-refractivity contribution in [2.75, 3.05) is 32.7 Å². The fraction of sp³-hybridized carbons (Fsp3) is 0.909. The maximum atomic E-state index is 11.8. The molecule has 1 heterocycles. The number of amides is 1. The molecule has 0 aromatic heterocycles. The highest BCUT2D eigenvalue weighted by Gasteiger charge is 2.31. The number of β-amino-alcohol motifs (C(OH)–C–C–N with tert-alkyl or cyclic N) is 1. The molecule has 1 unspecified atom stereocenters. The van der Waals surface area contributed by atoms with Crippen molar-refractivity contribution in [3.63, 3.8) is 0 Å². The van der Waals surface area contributed by atoms with Crippen LogP contribution in [-0.4, -0.2) is 60.3 Å². The molecule has 1 saturated heterocycles. The van der Waals surface area contributed by atoms with E-state index >= 15 is 0 Å². The molecule has 0 aliphatic carbocycles. The summed E-state index contributed by atoms with van der Waals surface area (Å²) in [6.45, 7) is 8.93. The van der Waals surface area contributed by atoms with Gasteiger partial charge in [0.05, 0.1) is 5.60 Å². The number of hydrogen-bond donors (Lipinski definition) is 3. The number of hydrogen-bond acceptors (Lipinski definition) is 4. The van der Waals surface area contributed by atoms with E-state index < -0.39 is 5.60 Å². The van der Waals surface area contributed by atoms with Crippen LogP contribution in [0.5, 0.6) is 0 Å². The molecule has 1 aliphatic heterocycles. The predicted octanol–water partition coefficient (Wildman–Crippen LogP) is -0.833. The topological polar surface area (TPSA) is 64.6 Å². The molecule has 5 heteroatoms. The van der Waals surface area contributed by atoms with Gasteiger partial charge in [-0.2, -0.15) is 0 Å². The van der Waals surface area contributed by atoms with Gasteiger partial charge >= 0.3 is 0 Å². The van der Waals surface area contributed by atoms with Gasteiger partial charge < -0.3 is 15.7 Å². The van der Waals surface area contributed by atoms with Gasteiger partial charge in [-0.15, -0.1) is 0 Å². The maximum Gasteiger partial charge on any atom is 0.238 e. The summed E-state index contributed by atoms with van der Waals surface area (Å²) >= 11 is 0. The number of aliphatic hydroxyl groups is 1. The Labute approximate surface area is 97.2 Å². The molecule has 0 radical (unpaired) electrons. The predicted molar refractivity (Wildman–Crippen MR) is 63.2 cm³/mol. The molecule has 3 N–H and O–H groups in total. The molecule has 94 valence electrons. The van der Waals surface area contributed by atoms with Gasteiger partial charge in [-0.05, 0) is 20.8 Å². The first-order chi connectivity index (χ1) is 7.44. The molecular weight excluding hydrogens is 206 g/mol. The first-order valence-electron chi connectivity index (χ1n) is 5.89. The zero-order chi connectivity index (χ0) is 12.2. The minimum absolute atomic E-state index is 0.0407. The molecule has 1 amide bonds. The average Bonchev–Trinajstić information content (AvgIpc) is 2.16. The summed E-state index contributed by atoms with van der Waals surface area (Å²) in [4.78, 5) is 13.9. The van der Waals surface area contributed by atoms with Gasteiger partial charge in [0.25, 0.3) is 0 Å². The van der Waals surface area contributed by atoms with Gasteiger partial charge in [-0.1, -0.05) is 0 Å². The number of carbonyl (C=O) groups excluding carboxylic acids is 1. The smallest absolute Gasteiger partial charge is 0.238 e. The van der Waals surface area contributed by atoms with Crippen molar-refractivity contribution in [1.82, 2.24) is 15.5 Å². The minimum Gasteiger partial charge on any atom is -0.389 e. The van der Waals surface area contributed by atoms with Crippen LogP contribution in [0.1, 0.15) is 20.8 Å². The molecule has 0 saturated carbocycles. The Morgan fingerprint density at radius 1 is 1.62 bits per heavy atom. The lowest BCUT2D eigenvalue weighted by Crippen LogP contribution is -2.60. The van der Waals surface area contributed by atoms with Crippen LogP contribution < -0.4 is 10.6 Å². The van der Waals surface area contributed by atoms with E-state index in [0.717, 1.165) is 13.1 Å². The highest BCUT2D eigenvalue weighted by atomic mass is 16.3. The summed E-state index contributed by atoms with van der Waals surface area (Å²) < 4.78 is 0. The Hall–Kier alpha value is -0.650. The number of piperazine rings is 1. The van der Waals surface area contributed by atoms with E-state index in [1.807, 2.05) is 11.8 Å². The van der Waals surface area contributed by atoms with Gasteiger partial charge in [-0.25, -0.2) is 0 Å².